The number of benzene rings is 1. The van der Waals surface area contributed by atoms with Crippen LogP contribution in [0.4, 0.5) is 5.69 Å². The van der Waals surface area contributed by atoms with Crippen molar-refractivity contribution in [2.45, 2.75) is 25.6 Å². The van der Waals surface area contributed by atoms with Crippen LogP contribution in [0.1, 0.15) is 18.4 Å². The van der Waals surface area contributed by atoms with Crippen molar-refractivity contribution in [2.24, 2.45) is 0 Å². The third-order valence-electron chi connectivity index (χ3n) is 2.32. The first-order chi connectivity index (χ1) is 8.13. The molecule has 0 aliphatic heterocycles. The van der Waals surface area contributed by atoms with Gasteiger partial charge in [0.1, 0.15) is 6.23 Å². The van der Waals surface area contributed by atoms with Gasteiger partial charge in [-0.2, -0.15) is 0 Å². The van der Waals surface area contributed by atoms with E-state index in [1.54, 1.807) is 12.1 Å². The molecule has 1 aromatic carbocycles. The van der Waals surface area contributed by atoms with Crippen molar-refractivity contribution >= 4 is 5.69 Å². The molecule has 0 heterocycles. The predicted molar refractivity (Wildman–Crippen MR) is 62.3 cm³/mol. The lowest BCUT2D eigenvalue weighted by Crippen LogP contribution is -2.28. The van der Waals surface area contributed by atoms with E-state index in [1.165, 1.54) is 12.1 Å². The summed E-state index contributed by atoms with van der Waals surface area (Å²) in [4.78, 5) is 9.97. The van der Waals surface area contributed by atoms with Crippen molar-refractivity contribution in [2.75, 3.05) is 6.61 Å². The fourth-order valence-corrected chi connectivity index (χ4v) is 1.36. The number of hydrogen-bond donors (Lipinski definition) is 3. The van der Waals surface area contributed by atoms with Crippen LogP contribution < -0.4 is 5.32 Å². The van der Waals surface area contributed by atoms with Gasteiger partial charge in [0.25, 0.3) is 5.69 Å². The van der Waals surface area contributed by atoms with Gasteiger partial charge in [0.2, 0.25) is 0 Å². The summed E-state index contributed by atoms with van der Waals surface area (Å²) in [5, 5.41) is 31.3. The van der Waals surface area contributed by atoms with Crippen molar-refractivity contribution in [1.82, 2.24) is 5.32 Å². The Morgan fingerprint density at radius 2 is 2.00 bits per heavy atom. The molecule has 0 amide bonds. The Kier molecular flexibility index (Phi) is 5.55. The smallest absolute Gasteiger partial charge is 0.269 e. The van der Waals surface area contributed by atoms with Crippen LogP contribution >= 0.6 is 0 Å². The normalized spacial score (nSPS) is 12.4. The second kappa shape index (κ2) is 6.95. The van der Waals surface area contributed by atoms with Crippen LogP contribution in [0.2, 0.25) is 0 Å². The second-order valence-corrected chi connectivity index (χ2v) is 3.69. The van der Waals surface area contributed by atoms with Gasteiger partial charge in [-0.3, -0.25) is 15.4 Å². The monoisotopic (exact) mass is 240 g/mol. The highest BCUT2D eigenvalue weighted by atomic mass is 16.6. The standard InChI is InChI=1S/C11H16N2O4/c14-7-1-2-11(15)12-8-9-3-5-10(6-4-9)13(16)17/h3-6,11-12,14-15H,1-2,7-8H2. The van der Waals surface area contributed by atoms with E-state index in [9.17, 15) is 15.2 Å². The first-order valence-corrected chi connectivity index (χ1v) is 5.39. The largest absolute Gasteiger partial charge is 0.396 e. The number of nitro benzene ring substituents is 1. The summed E-state index contributed by atoms with van der Waals surface area (Å²) < 4.78 is 0. The number of non-ortho nitro benzene ring substituents is 1. The Labute approximate surface area is 99.0 Å². The van der Waals surface area contributed by atoms with Crippen LogP contribution in [0.15, 0.2) is 24.3 Å². The van der Waals surface area contributed by atoms with E-state index in [2.05, 4.69) is 5.32 Å². The van der Waals surface area contributed by atoms with Crippen molar-refractivity contribution in [1.29, 1.82) is 0 Å². The highest BCUT2D eigenvalue weighted by Gasteiger charge is 2.05. The minimum Gasteiger partial charge on any atom is -0.396 e. The van der Waals surface area contributed by atoms with Crippen molar-refractivity contribution in [3.8, 4) is 0 Å². The van der Waals surface area contributed by atoms with Crippen molar-refractivity contribution in [3.05, 3.63) is 39.9 Å². The topological polar surface area (TPSA) is 95.6 Å². The third-order valence-corrected chi connectivity index (χ3v) is 2.32. The summed E-state index contributed by atoms with van der Waals surface area (Å²) >= 11 is 0. The van der Waals surface area contributed by atoms with E-state index in [0.717, 1.165) is 5.56 Å². The minimum atomic E-state index is -0.669. The first-order valence-electron chi connectivity index (χ1n) is 5.39. The molecule has 1 rings (SSSR count). The van der Waals surface area contributed by atoms with Crippen molar-refractivity contribution in [3.63, 3.8) is 0 Å². The summed E-state index contributed by atoms with van der Waals surface area (Å²) in [7, 11) is 0. The molecular formula is C11H16N2O4. The SMILES string of the molecule is O=[N+]([O-])c1ccc(CNC(O)CCCO)cc1. The van der Waals surface area contributed by atoms with E-state index < -0.39 is 11.2 Å². The van der Waals surface area contributed by atoms with E-state index in [0.29, 0.717) is 19.4 Å². The van der Waals surface area contributed by atoms with E-state index in [1.807, 2.05) is 0 Å². The van der Waals surface area contributed by atoms with Gasteiger partial charge in [0.05, 0.1) is 4.92 Å². The molecule has 94 valence electrons. The number of aliphatic hydroxyl groups excluding tert-OH is 2. The Morgan fingerprint density at radius 1 is 1.35 bits per heavy atom. The molecule has 1 unspecified atom stereocenters. The lowest BCUT2D eigenvalue weighted by molar-refractivity contribution is -0.384. The van der Waals surface area contributed by atoms with Crippen molar-refractivity contribution < 1.29 is 15.1 Å². The Hall–Kier alpha value is -1.50. The van der Waals surface area contributed by atoms with Crippen LogP contribution in [0.25, 0.3) is 0 Å². The number of nitrogens with one attached hydrogen (secondary N) is 1. The zero-order valence-corrected chi connectivity index (χ0v) is 9.37. The molecule has 0 fully saturated rings. The number of hydrogen-bond acceptors (Lipinski definition) is 5. The predicted octanol–water partition coefficient (Wildman–Crippen LogP) is 0.775. The van der Waals surface area contributed by atoms with Gasteiger partial charge in [0.15, 0.2) is 0 Å². The lowest BCUT2D eigenvalue weighted by atomic mass is 10.2. The Morgan fingerprint density at radius 3 is 2.53 bits per heavy atom. The molecule has 3 N–H and O–H groups in total. The van der Waals surface area contributed by atoms with Gasteiger partial charge in [-0.05, 0) is 18.4 Å². The molecule has 0 aliphatic rings. The Balaban J connectivity index is 2.39. The molecule has 0 saturated carbocycles. The summed E-state index contributed by atoms with van der Waals surface area (Å²) in [6.45, 7) is 0.487. The highest BCUT2D eigenvalue weighted by Crippen LogP contribution is 2.11. The number of nitro groups is 1. The Bertz CT molecular complexity index is 353. The van der Waals surface area contributed by atoms with Gasteiger partial charge < -0.3 is 10.2 Å². The zero-order chi connectivity index (χ0) is 12.7. The van der Waals surface area contributed by atoms with Crippen LogP contribution in [0.5, 0.6) is 0 Å². The number of aliphatic hydroxyl groups is 2. The summed E-state index contributed by atoms with van der Waals surface area (Å²) in [5.74, 6) is 0. The number of nitrogens with zero attached hydrogens (tertiary/aromatic N) is 1. The average molecular weight is 240 g/mol. The van der Waals surface area contributed by atoms with Gasteiger partial charge >= 0.3 is 0 Å². The molecule has 0 saturated heterocycles. The second-order valence-electron chi connectivity index (χ2n) is 3.69. The van der Waals surface area contributed by atoms with E-state index >= 15 is 0 Å². The summed E-state index contributed by atoms with van der Waals surface area (Å²) in [6.07, 6.45) is 0.343. The quantitative estimate of drug-likeness (QED) is 0.372. The first kappa shape index (κ1) is 13.6. The van der Waals surface area contributed by atoms with Crippen LogP contribution in [-0.2, 0) is 6.54 Å². The van der Waals surface area contributed by atoms with Crippen LogP contribution in [0, 0.1) is 10.1 Å². The van der Waals surface area contributed by atoms with Crippen LogP contribution in [0.3, 0.4) is 0 Å². The fourth-order valence-electron chi connectivity index (χ4n) is 1.36. The highest BCUT2D eigenvalue weighted by molar-refractivity contribution is 5.32. The molecule has 6 heteroatoms. The van der Waals surface area contributed by atoms with E-state index in [-0.39, 0.29) is 12.3 Å². The molecule has 6 nitrogen and oxygen atoms in total. The van der Waals surface area contributed by atoms with E-state index in [4.69, 9.17) is 5.11 Å². The molecule has 1 aromatic rings. The molecule has 1 atom stereocenters. The van der Waals surface area contributed by atoms with Crippen LogP contribution in [-0.4, -0.2) is 28.0 Å². The fraction of sp³-hybridized carbons (Fsp3) is 0.455. The van der Waals surface area contributed by atoms with Gasteiger partial charge in [0, 0.05) is 25.3 Å². The zero-order valence-electron chi connectivity index (χ0n) is 9.37. The van der Waals surface area contributed by atoms with Gasteiger partial charge in [-0.15, -0.1) is 0 Å². The maximum atomic E-state index is 10.4. The van der Waals surface area contributed by atoms with Gasteiger partial charge in [-0.25, -0.2) is 0 Å². The molecule has 0 spiro atoms. The summed E-state index contributed by atoms with van der Waals surface area (Å²) in [5.41, 5.74) is 0.910. The maximum Gasteiger partial charge on any atom is 0.269 e. The molecule has 0 aliphatic carbocycles. The maximum absolute atomic E-state index is 10.4. The van der Waals surface area contributed by atoms with Gasteiger partial charge in [-0.1, -0.05) is 12.1 Å². The molecule has 0 radical (unpaired) electrons. The minimum absolute atomic E-state index is 0.0505. The molecule has 0 bridgehead atoms. The molecule has 17 heavy (non-hydrogen) atoms. The molecule has 0 aromatic heterocycles. The average Bonchev–Trinajstić information content (AvgIpc) is 2.34. The number of rotatable bonds is 7. The molecular weight excluding hydrogens is 224 g/mol. The summed E-state index contributed by atoms with van der Waals surface area (Å²) in [6, 6.07) is 6.14. The third kappa shape index (κ3) is 4.90. The lowest BCUT2D eigenvalue weighted by Gasteiger charge is -2.11.